The van der Waals surface area contributed by atoms with E-state index in [1.54, 1.807) is 0 Å². The van der Waals surface area contributed by atoms with Gasteiger partial charge in [0.05, 0.1) is 25.4 Å². The van der Waals surface area contributed by atoms with Gasteiger partial charge >= 0.3 is 5.97 Å². The minimum Gasteiger partial charge on any atom is -0.466 e. The largest absolute Gasteiger partial charge is 0.466 e. The molecule has 0 bridgehead atoms. The zero-order valence-corrected chi connectivity index (χ0v) is 53.6. The van der Waals surface area contributed by atoms with Crippen molar-refractivity contribution in [3.8, 4) is 0 Å². The van der Waals surface area contributed by atoms with Crippen LogP contribution in [0.4, 0.5) is 0 Å². The molecule has 2 atom stereocenters. The second-order valence-corrected chi connectivity index (χ2v) is 24.9. The van der Waals surface area contributed by atoms with Crippen molar-refractivity contribution < 1.29 is 24.5 Å². The summed E-state index contributed by atoms with van der Waals surface area (Å²) in [7, 11) is 0. The van der Waals surface area contributed by atoms with Gasteiger partial charge in [0.15, 0.2) is 0 Å². The van der Waals surface area contributed by atoms with E-state index in [1.807, 2.05) is 0 Å². The average Bonchev–Trinajstić information content (AvgIpc) is 3.45. The molecule has 0 aromatic carbocycles. The Kier molecular flexibility index (Phi) is 67.4. The van der Waals surface area contributed by atoms with E-state index in [4.69, 9.17) is 4.74 Å². The first kappa shape index (κ1) is 77.3. The minimum atomic E-state index is -0.669. The first-order valence-corrected chi connectivity index (χ1v) is 36.1. The number of ether oxygens (including phenoxy) is 1. The van der Waals surface area contributed by atoms with Crippen molar-refractivity contribution in [2.75, 3.05) is 13.2 Å². The Morgan fingerprint density at radius 1 is 0.354 bits per heavy atom. The summed E-state index contributed by atoms with van der Waals surface area (Å²) < 4.78 is 5.50. The smallest absolute Gasteiger partial charge is 0.305 e. The number of carbonyl (C=O) groups is 2. The second-order valence-electron chi connectivity index (χ2n) is 24.9. The molecule has 6 nitrogen and oxygen atoms in total. The van der Waals surface area contributed by atoms with Gasteiger partial charge in [-0.3, -0.25) is 9.59 Å². The highest BCUT2D eigenvalue weighted by molar-refractivity contribution is 5.76. The van der Waals surface area contributed by atoms with E-state index >= 15 is 0 Å². The summed E-state index contributed by atoms with van der Waals surface area (Å²) >= 11 is 0. The number of aliphatic hydroxyl groups excluding tert-OH is 2. The third kappa shape index (κ3) is 65.4. The number of aliphatic hydroxyl groups is 2. The highest BCUT2D eigenvalue weighted by atomic mass is 16.5. The summed E-state index contributed by atoms with van der Waals surface area (Å²) in [6.07, 6.45) is 86.5. The quantitative estimate of drug-likeness (QED) is 0.0320. The number of hydrogen-bond donors (Lipinski definition) is 3. The van der Waals surface area contributed by atoms with E-state index in [1.165, 1.54) is 327 Å². The summed E-state index contributed by atoms with van der Waals surface area (Å²) in [4.78, 5) is 24.6. The fourth-order valence-corrected chi connectivity index (χ4v) is 11.5. The Morgan fingerprint density at radius 3 is 0.962 bits per heavy atom. The Hall–Kier alpha value is -1.66. The minimum absolute atomic E-state index is 0.0139. The van der Waals surface area contributed by atoms with Crippen molar-refractivity contribution >= 4 is 11.9 Å². The summed E-state index contributed by atoms with van der Waals surface area (Å²) in [5.74, 6) is -0.0230. The lowest BCUT2D eigenvalue weighted by Crippen LogP contribution is -2.45. The van der Waals surface area contributed by atoms with Gasteiger partial charge in [0.25, 0.3) is 0 Å². The van der Waals surface area contributed by atoms with Gasteiger partial charge in [-0.15, -0.1) is 0 Å². The fraction of sp³-hybridized carbons (Fsp3) is 0.918. The first-order chi connectivity index (χ1) is 39.0. The Morgan fingerprint density at radius 2 is 0.633 bits per heavy atom. The van der Waals surface area contributed by atoms with E-state index in [9.17, 15) is 19.8 Å². The van der Waals surface area contributed by atoms with Gasteiger partial charge < -0.3 is 20.3 Å². The van der Waals surface area contributed by atoms with E-state index in [0.717, 1.165) is 44.9 Å². The van der Waals surface area contributed by atoms with Crippen LogP contribution < -0.4 is 5.32 Å². The fourth-order valence-electron chi connectivity index (χ4n) is 11.5. The van der Waals surface area contributed by atoms with Crippen LogP contribution in [0.1, 0.15) is 406 Å². The van der Waals surface area contributed by atoms with Crippen LogP contribution in [-0.4, -0.2) is 47.4 Å². The SMILES string of the molecule is CCCCCCCCCCCCCCCCCCCCCCC(O)C(CO)NC(=O)CCCCCCCCCCC/C=C\C/C=C\CCCCCCCCCCCOC(=O)CCCCCCCCCCCCCCCCCCC. The zero-order chi connectivity index (χ0) is 57.1. The van der Waals surface area contributed by atoms with E-state index in [-0.39, 0.29) is 18.5 Å². The number of esters is 1. The lowest BCUT2D eigenvalue weighted by Gasteiger charge is -2.22. The van der Waals surface area contributed by atoms with Gasteiger partial charge in [-0.05, 0) is 57.8 Å². The van der Waals surface area contributed by atoms with Crippen LogP contribution in [-0.2, 0) is 14.3 Å². The summed E-state index contributed by atoms with van der Waals surface area (Å²) in [5.41, 5.74) is 0. The van der Waals surface area contributed by atoms with Crippen molar-refractivity contribution in [1.29, 1.82) is 0 Å². The molecule has 0 fully saturated rings. The van der Waals surface area contributed by atoms with Gasteiger partial charge in [-0.2, -0.15) is 0 Å². The number of nitrogens with one attached hydrogen (secondary N) is 1. The van der Waals surface area contributed by atoms with Gasteiger partial charge in [0.1, 0.15) is 0 Å². The third-order valence-corrected chi connectivity index (χ3v) is 17.0. The molecule has 0 rings (SSSR count). The molecule has 0 spiro atoms. The molecule has 6 heteroatoms. The van der Waals surface area contributed by atoms with Crippen LogP contribution in [0.15, 0.2) is 24.3 Å². The van der Waals surface area contributed by atoms with Gasteiger partial charge in [0, 0.05) is 12.8 Å². The van der Waals surface area contributed by atoms with Crippen LogP contribution in [0.25, 0.3) is 0 Å². The van der Waals surface area contributed by atoms with Gasteiger partial charge in [0.2, 0.25) is 5.91 Å². The number of allylic oxidation sites excluding steroid dienone is 4. The number of carbonyl (C=O) groups excluding carboxylic acids is 2. The molecule has 79 heavy (non-hydrogen) atoms. The van der Waals surface area contributed by atoms with Crippen LogP contribution >= 0.6 is 0 Å². The van der Waals surface area contributed by atoms with E-state index in [2.05, 4.69) is 43.5 Å². The Labute approximate surface area is 494 Å². The molecule has 0 saturated heterocycles. The predicted molar refractivity (Wildman–Crippen MR) is 347 cm³/mol. The molecular formula is C73H141NO5. The van der Waals surface area contributed by atoms with Crippen LogP contribution in [0, 0.1) is 0 Å². The van der Waals surface area contributed by atoms with Crippen LogP contribution in [0.3, 0.4) is 0 Å². The Balaban J connectivity index is 3.41. The Bertz CT molecular complexity index is 1230. The summed E-state index contributed by atoms with van der Waals surface area (Å²) in [5, 5.41) is 23.4. The standard InChI is InChI=1S/C73H141NO5/c1-3-5-7-9-11-13-15-17-19-21-22-30-34-37-41-45-49-53-57-61-65-71(76)70(69-75)74-72(77)66-62-58-54-50-46-42-38-35-31-28-26-24-23-25-27-29-32-36-40-44-48-52-56-60-64-68-79-73(78)67-63-59-55-51-47-43-39-33-20-18-16-14-12-10-8-6-4-2/h24-27,70-71,75-76H,3-23,28-69H2,1-2H3,(H,74,77)/b26-24-,27-25-. The van der Waals surface area contributed by atoms with Crippen molar-refractivity contribution in [2.24, 2.45) is 0 Å². The molecule has 468 valence electrons. The molecule has 0 aromatic heterocycles. The maximum Gasteiger partial charge on any atom is 0.305 e. The number of amides is 1. The lowest BCUT2D eigenvalue weighted by atomic mass is 10.0. The molecule has 0 aromatic rings. The summed E-state index contributed by atoms with van der Waals surface area (Å²) in [6.45, 7) is 4.99. The zero-order valence-electron chi connectivity index (χ0n) is 53.6. The van der Waals surface area contributed by atoms with Gasteiger partial charge in [-0.1, -0.05) is 359 Å². The van der Waals surface area contributed by atoms with E-state index < -0.39 is 12.1 Å². The average molecular weight is 1110 g/mol. The van der Waals surface area contributed by atoms with Crippen molar-refractivity contribution in [1.82, 2.24) is 5.32 Å². The molecule has 1 amide bonds. The van der Waals surface area contributed by atoms with Gasteiger partial charge in [-0.25, -0.2) is 0 Å². The lowest BCUT2D eigenvalue weighted by molar-refractivity contribution is -0.143. The van der Waals surface area contributed by atoms with Crippen molar-refractivity contribution in [3.63, 3.8) is 0 Å². The molecule has 3 N–H and O–H groups in total. The normalized spacial score (nSPS) is 12.6. The number of hydrogen-bond acceptors (Lipinski definition) is 5. The monoisotopic (exact) mass is 1110 g/mol. The summed E-state index contributed by atoms with van der Waals surface area (Å²) in [6, 6.07) is -0.547. The third-order valence-electron chi connectivity index (χ3n) is 17.0. The van der Waals surface area contributed by atoms with Crippen molar-refractivity contribution in [3.05, 3.63) is 24.3 Å². The maximum absolute atomic E-state index is 12.5. The number of rotatable bonds is 68. The highest BCUT2D eigenvalue weighted by Crippen LogP contribution is 2.19. The van der Waals surface area contributed by atoms with E-state index in [0.29, 0.717) is 25.9 Å². The first-order valence-electron chi connectivity index (χ1n) is 36.1. The molecular weight excluding hydrogens is 971 g/mol. The topological polar surface area (TPSA) is 95.9 Å². The van der Waals surface area contributed by atoms with Crippen LogP contribution in [0.5, 0.6) is 0 Å². The molecule has 0 radical (unpaired) electrons. The molecule has 2 unspecified atom stereocenters. The molecule has 0 aliphatic carbocycles. The molecule has 0 aliphatic heterocycles. The number of unbranched alkanes of at least 4 members (excludes halogenated alkanes) is 53. The molecule has 0 aliphatic rings. The predicted octanol–water partition coefficient (Wildman–Crippen LogP) is 23.3. The van der Waals surface area contributed by atoms with Crippen molar-refractivity contribution in [2.45, 2.75) is 418 Å². The molecule has 0 heterocycles. The second kappa shape index (κ2) is 68.8. The maximum atomic E-state index is 12.5. The molecule has 0 saturated carbocycles. The highest BCUT2D eigenvalue weighted by Gasteiger charge is 2.20. The van der Waals surface area contributed by atoms with Crippen LogP contribution in [0.2, 0.25) is 0 Å².